The van der Waals surface area contributed by atoms with E-state index in [1.54, 1.807) is 24.3 Å². The molecule has 0 spiro atoms. The molecular weight excluding hydrogens is 438 g/mol. The summed E-state index contributed by atoms with van der Waals surface area (Å²) in [6.07, 6.45) is 0.413. The summed E-state index contributed by atoms with van der Waals surface area (Å²) in [6, 6.07) is 16.6. The van der Waals surface area contributed by atoms with E-state index in [2.05, 4.69) is 4.98 Å². The van der Waals surface area contributed by atoms with Crippen molar-refractivity contribution >= 4 is 17.7 Å². The van der Waals surface area contributed by atoms with Gasteiger partial charge in [-0.1, -0.05) is 30.3 Å². The lowest BCUT2D eigenvalue weighted by atomic mass is 9.97. The predicted molar refractivity (Wildman–Crippen MR) is 121 cm³/mol. The van der Waals surface area contributed by atoms with Crippen LogP contribution >= 0.6 is 0 Å². The Morgan fingerprint density at radius 2 is 1.74 bits per heavy atom. The highest BCUT2D eigenvalue weighted by atomic mass is 16.7. The second-order valence-corrected chi connectivity index (χ2v) is 8.45. The highest BCUT2D eigenvalue weighted by Crippen LogP contribution is 2.25. The number of carbonyl (C=O) groups excluding carboxylic acids is 3. The van der Waals surface area contributed by atoms with Gasteiger partial charge >= 0.3 is 11.9 Å². The third-order valence-electron chi connectivity index (χ3n) is 5.28. The Morgan fingerprint density at radius 3 is 2.44 bits per heavy atom. The van der Waals surface area contributed by atoms with Crippen LogP contribution in [0.5, 0.6) is 5.75 Å². The van der Waals surface area contributed by atoms with Gasteiger partial charge in [0.2, 0.25) is 11.8 Å². The van der Waals surface area contributed by atoms with Gasteiger partial charge in [-0.3, -0.25) is 14.4 Å². The first kappa shape index (κ1) is 23.2. The van der Waals surface area contributed by atoms with Crippen molar-refractivity contribution in [1.29, 1.82) is 0 Å². The molecule has 1 fully saturated rings. The quantitative estimate of drug-likeness (QED) is 0.367. The topological polar surface area (TPSA) is 105 Å². The number of esters is 2. The molecule has 34 heavy (non-hydrogen) atoms. The fourth-order valence-electron chi connectivity index (χ4n) is 3.66. The molecule has 8 heteroatoms. The smallest absolute Gasteiger partial charge is 0.331 e. The summed E-state index contributed by atoms with van der Waals surface area (Å²) in [5.41, 5.74) is 2.32. The van der Waals surface area contributed by atoms with Crippen molar-refractivity contribution in [3.8, 4) is 17.2 Å². The molecule has 1 aliphatic rings. The van der Waals surface area contributed by atoms with Crippen LogP contribution in [0.1, 0.15) is 30.9 Å². The van der Waals surface area contributed by atoms with Crippen molar-refractivity contribution in [2.75, 3.05) is 6.61 Å². The number of rotatable bonds is 8. The number of ketones is 1. The number of benzene rings is 2. The molecule has 0 amide bonds. The number of Topliss-reactive ketones (excluding diaryl/α,β-unsaturated/α-hetero) is 1. The van der Waals surface area contributed by atoms with Crippen molar-refractivity contribution in [3.05, 3.63) is 71.6 Å². The van der Waals surface area contributed by atoms with E-state index in [1.807, 2.05) is 37.3 Å². The van der Waals surface area contributed by atoms with Crippen molar-refractivity contribution in [2.24, 2.45) is 5.92 Å². The van der Waals surface area contributed by atoms with Gasteiger partial charge < -0.3 is 18.6 Å². The molecule has 0 atom stereocenters. The molecule has 1 aromatic heterocycles. The SMILES string of the molecule is Cc1oc(-c2ccccc2)nc1CCOc1cccc(CC(=O)C2C(=O)OC(C)(C)OC2=O)c1. The normalized spacial score (nSPS) is 15.5. The molecule has 0 aliphatic carbocycles. The van der Waals surface area contributed by atoms with E-state index in [0.29, 0.717) is 30.2 Å². The first-order chi connectivity index (χ1) is 16.2. The Hall–Kier alpha value is -3.94. The zero-order chi connectivity index (χ0) is 24.3. The minimum atomic E-state index is -1.58. The summed E-state index contributed by atoms with van der Waals surface area (Å²) in [5, 5.41) is 0. The molecule has 2 heterocycles. The van der Waals surface area contributed by atoms with E-state index in [1.165, 1.54) is 13.8 Å². The van der Waals surface area contributed by atoms with Gasteiger partial charge in [-0.2, -0.15) is 0 Å². The number of hydrogen-bond acceptors (Lipinski definition) is 8. The molecule has 0 radical (unpaired) electrons. The van der Waals surface area contributed by atoms with Crippen LogP contribution in [-0.4, -0.2) is 35.1 Å². The molecule has 4 rings (SSSR count). The average molecular weight is 463 g/mol. The van der Waals surface area contributed by atoms with Crippen molar-refractivity contribution in [2.45, 2.75) is 39.4 Å². The third kappa shape index (κ3) is 5.33. The third-order valence-corrected chi connectivity index (χ3v) is 5.28. The average Bonchev–Trinajstić information content (AvgIpc) is 3.14. The highest BCUT2D eigenvalue weighted by Gasteiger charge is 2.46. The highest BCUT2D eigenvalue weighted by molar-refractivity contribution is 6.16. The van der Waals surface area contributed by atoms with Crippen LogP contribution in [0, 0.1) is 12.8 Å². The Morgan fingerprint density at radius 1 is 1.03 bits per heavy atom. The molecule has 8 nitrogen and oxygen atoms in total. The van der Waals surface area contributed by atoms with E-state index < -0.39 is 29.4 Å². The van der Waals surface area contributed by atoms with Crippen LogP contribution in [-0.2, 0) is 36.7 Å². The molecule has 0 N–H and O–H groups in total. The number of cyclic esters (lactones) is 2. The molecule has 3 aromatic rings. The van der Waals surface area contributed by atoms with Crippen LogP contribution in [0.15, 0.2) is 59.0 Å². The number of nitrogens with zero attached hydrogens (tertiary/aromatic N) is 1. The lowest BCUT2D eigenvalue weighted by Gasteiger charge is -2.32. The Kier molecular flexibility index (Phi) is 6.49. The summed E-state index contributed by atoms with van der Waals surface area (Å²) < 4.78 is 21.7. The van der Waals surface area contributed by atoms with E-state index in [9.17, 15) is 14.4 Å². The molecule has 1 saturated heterocycles. The standard InChI is InChI=1S/C26H25NO7/c1-16-20(27-23(32-16)18-9-5-4-6-10-18)12-13-31-19-11-7-8-17(14-19)15-21(28)22-24(29)33-26(2,3)34-25(22)30/h4-11,14,22H,12-13,15H2,1-3H3. The predicted octanol–water partition coefficient (Wildman–Crippen LogP) is 3.84. The molecular formula is C26H25NO7. The van der Waals surface area contributed by atoms with Gasteiger partial charge in [-0.05, 0) is 36.8 Å². The van der Waals surface area contributed by atoms with Crippen molar-refractivity contribution in [1.82, 2.24) is 4.98 Å². The first-order valence-electron chi connectivity index (χ1n) is 10.9. The number of aryl methyl sites for hydroxylation is 1. The lowest BCUT2D eigenvalue weighted by molar-refractivity contribution is -0.238. The van der Waals surface area contributed by atoms with Gasteiger partial charge in [0, 0.05) is 32.3 Å². The zero-order valence-electron chi connectivity index (χ0n) is 19.2. The summed E-state index contributed by atoms with van der Waals surface area (Å²) in [7, 11) is 0. The maximum absolute atomic E-state index is 12.6. The Labute approximate surface area is 196 Å². The van der Waals surface area contributed by atoms with E-state index in [0.717, 1.165) is 17.0 Å². The monoisotopic (exact) mass is 463 g/mol. The number of aromatic nitrogens is 1. The summed E-state index contributed by atoms with van der Waals surface area (Å²) in [5.74, 6) is -3.46. The minimum absolute atomic E-state index is 0.130. The second kappa shape index (κ2) is 9.51. The largest absolute Gasteiger partial charge is 0.493 e. The van der Waals surface area contributed by atoms with Crippen LogP contribution < -0.4 is 4.74 Å². The number of ether oxygens (including phenoxy) is 3. The molecule has 0 saturated carbocycles. The van der Waals surface area contributed by atoms with Gasteiger partial charge in [0.05, 0.1) is 12.3 Å². The van der Waals surface area contributed by atoms with Crippen molar-refractivity contribution < 1.29 is 33.0 Å². The summed E-state index contributed by atoms with van der Waals surface area (Å²) in [6.45, 7) is 5.10. The van der Waals surface area contributed by atoms with Crippen LogP contribution in [0.4, 0.5) is 0 Å². The number of oxazole rings is 1. The van der Waals surface area contributed by atoms with Crippen molar-refractivity contribution in [3.63, 3.8) is 0 Å². The maximum atomic E-state index is 12.6. The molecule has 0 unspecified atom stereocenters. The first-order valence-corrected chi connectivity index (χ1v) is 10.9. The van der Waals surface area contributed by atoms with E-state index in [4.69, 9.17) is 18.6 Å². The van der Waals surface area contributed by atoms with Crippen LogP contribution in [0.25, 0.3) is 11.5 Å². The van der Waals surface area contributed by atoms with E-state index in [-0.39, 0.29) is 6.42 Å². The summed E-state index contributed by atoms with van der Waals surface area (Å²) >= 11 is 0. The van der Waals surface area contributed by atoms with Gasteiger partial charge in [-0.25, -0.2) is 4.98 Å². The molecule has 0 bridgehead atoms. The van der Waals surface area contributed by atoms with Gasteiger partial charge in [0.25, 0.3) is 5.79 Å². The second-order valence-electron chi connectivity index (χ2n) is 8.45. The molecule has 2 aromatic carbocycles. The van der Waals surface area contributed by atoms with Crippen LogP contribution in [0.2, 0.25) is 0 Å². The van der Waals surface area contributed by atoms with Gasteiger partial charge in [-0.15, -0.1) is 0 Å². The fourth-order valence-corrected chi connectivity index (χ4v) is 3.66. The fraction of sp³-hybridized carbons (Fsp3) is 0.308. The Balaban J connectivity index is 1.35. The lowest BCUT2D eigenvalue weighted by Crippen LogP contribution is -2.49. The van der Waals surface area contributed by atoms with Crippen LogP contribution in [0.3, 0.4) is 0 Å². The van der Waals surface area contributed by atoms with E-state index >= 15 is 0 Å². The number of carbonyl (C=O) groups is 3. The number of hydrogen-bond donors (Lipinski definition) is 0. The minimum Gasteiger partial charge on any atom is -0.493 e. The molecule has 176 valence electrons. The zero-order valence-corrected chi connectivity index (χ0v) is 19.2. The molecule has 1 aliphatic heterocycles. The summed E-state index contributed by atoms with van der Waals surface area (Å²) in [4.78, 5) is 41.4. The maximum Gasteiger partial charge on any atom is 0.331 e. The Bertz CT molecular complexity index is 1190. The van der Waals surface area contributed by atoms with Gasteiger partial charge in [0.15, 0.2) is 5.78 Å². The van der Waals surface area contributed by atoms with Gasteiger partial charge in [0.1, 0.15) is 11.5 Å².